The topological polar surface area (TPSA) is 115 Å². The first-order valence-corrected chi connectivity index (χ1v) is 18.7. The lowest BCUT2D eigenvalue weighted by Gasteiger charge is -2.41. The zero-order valence-electron chi connectivity index (χ0n) is 29.3. The first kappa shape index (κ1) is 34.5. The number of hydrogen-bond acceptors (Lipinski definition) is 7. The first-order chi connectivity index (χ1) is 24.4. The summed E-state index contributed by atoms with van der Waals surface area (Å²) in [6.45, 7) is 5.66. The lowest BCUT2D eigenvalue weighted by atomic mass is 9.80. The van der Waals surface area contributed by atoms with Gasteiger partial charge in [-0.05, 0) is 99.7 Å². The Morgan fingerprint density at radius 3 is 2.46 bits per heavy atom. The molecule has 50 heavy (non-hydrogen) atoms. The molecule has 2 aromatic rings. The van der Waals surface area contributed by atoms with Crippen molar-refractivity contribution >= 4 is 23.6 Å². The molecule has 4 amide bonds. The van der Waals surface area contributed by atoms with E-state index in [4.69, 9.17) is 4.74 Å². The van der Waals surface area contributed by atoms with Crippen LogP contribution < -0.4 is 15.4 Å². The number of benzene rings is 2. The Morgan fingerprint density at radius 2 is 1.66 bits per heavy atom. The quantitative estimate of drug-likeness (QED) is 0.510. The predicted molar refractivity (Wildman–Crippen MR) is 189 cm³/mol. The molecule has 8 rings (SSSR count). The van der Waals surface area contributed by atoms with Crippen molar-refractivity contribution in [3.05, 3.63) is 65.7 Å². The number of piperidine rings is 2. The van der Waals surface area contributed by atoms with E-state index in [9.17, 15) is 19.2 Å². The maximum absolute atomic E-state index is 13.9. The molecule has 6 fully saturated rings. The van der Waals surface area contributed by atoms with Gasteiger partial charge in [-0.2, -0.15) is 0 Å². The fourth-order valence-corrected chi connectivity index (χ4v) is 9.19. The molecular formula is C39H52N6O5. The van der Waals surface area contributed by atoms with E-state index >= 15 is 0 Å². The Bertz CT molecular complexity index is 1530. The maximum atomic E-state index is 13.9. The summed E-state index contributed by atoms with van der Waals surface area (Å²) >= 11 is 0. The summed E-state index contributed by atoms with van der Waals surface area (Å²) in [5, 5.41) is 6.43. The lowest BCUT2D eigenvalue weighted by Crippen LogP contribution is -2.53. The average Bonchev–Trinajstić information content (AvgIpc) is 3.81. The summed E-state index contributed by atoms with van der Waals surface area (Å²) in [6.07, 6.45) is 6.09. The minimum atomic E-state index is -0.675. The highest BCUT2D eigenvalue weighted by molar-refractivity contribution is 5.98. The largest absolute Gasteiger partial charge is 0.497 e. The summed E-state index contributed by atoms with van der Waals surface area (Å²) in [5.41, 5.74) is 1.73. The molecule has 11 heteroatoms. The number of hydrogen-bond donors (Lipinski definition) is 2. The van der Waals surface area contributed by atoms with E-state index in [1.54, 1.807) is 24.1 Å². The van der Waals surface area contributed by atoms with Crippen molar-refractivity contribution in [1.29, 1.82) is 0 Å². The van der Waals surface area contributed by atoms with Gasteiger partial charge in [0, 0.05) is 63.3 Å². The van der Waals surface area contributed by atoms with Crippen LogP contribution in [0.1, 0.15) is 67.3 Å². The smallest absolute Gasteiger partial charge is 0.254 e. The SMILES string of the molecule is COc1cccc(CN2CC[C@H]3CC(=O)N4CCC(CC4)N4CCC[C@H]4C(=O)N[C@@H]4C[C@H](C(=O)NCC[C@H]3C2)N(C(=O)c2ccccc2)C4)c1. The summed E-state index contributed by atoms with van der Waals surface area (Å²) in [7, 11) is 1.68. The number of ether oxygens (including phenoxy) is 1. The molecule has 6 aliphatic heterocycles. The number of amides is 4. The van der Waals surface area contributed by atoms with E-state index in [2.05, 4.69) is 37.5 Å². The Hall–Kier alpha value is -3.96. The standard InChI is InChI=1S/C39H52N6O5/c1-50-33-10-5-7-27(21-33)24-42-18-13-29-22-36(46)43-19-14-32(15-20-43)44-17-6-11-34(44)38(48)41-31-23-35(37(47)40-16-12-30(29)25-42)45(26-31)39(49)28-8-3-2-4-9-28/h2-5,7-10,21,29-32,34-35H,6,11-20,22-26H2,1H3,(H,40,47)(H,41,48)/t29-,30-,31+,34-,35+/m0/s1. The Balaban J connectivity index is 1.11. The third-order valence-electron chi connectivity index (χ3n) is 11.9. The first-order valence-electron chi connectivity index (χ1n) is 18.7. The number of fused-ring (bicyclic) bond motifs is 7. The van der Waals surface area contributed by atoms with Gasteiger partial charge in [-0.25, -0.2) is 0 Å². The van der Waals surface area contributed by atoms with Gasteiger partial charge in [0.15, 0.2) is 0 Å². The molecule has 0 aliphatic carbocycles. The van der Waals surface area contributed by atoms with Gasteiger partial charge in [-0.1, -0.05) is 30.3 Å². The van der Waals surface area contributed by atoms with Crippen LogP contribution in [0.2, 0.25) is 0 Å². The molecule has 0 aromatic heterocycles. The van der Waals surface area contributed by atoms with Gasteiger partial charge in [-0.3, -0.25) is 29.0 Å². The van der Waals surface area contributed by atoms with E-state index in [1.165, 1.54) is 5.56 Å². The molecule has 268 valence electrons. The van der Waals surface area contributed by atoms with Crippen molar-refractivity contribution < 1.29 is 23.9 Å². The molecule has 6 saturated heterocycles. The van der Waals surface area contributed by atoms with Crippen LogP contribution in [0.25, 0.3) is 0 Å². The highest BCUT2D eigenvalue weighted by atomic mass is 16.5. The number of carbonyl (C=O) groups is 4. The summed E-state index contributed by atoms with van der Waals surface area (Å²) in [6, 6.07) is 16.3. The van der Waals surface area contributed by atoms with Gasteiger partial charge in [0.2, 0.25) is 17.7 Å². The maximum Gasteiger partial charge on any atom is 0.254 e. The van der Waals surface area contributed by atoms with Crippen LogP contribution in [0.15, 0.2) is 54.6 Å². The van der Waals surface area contributed by atoms with Gasteiger partial charge in [0.1, 0.15) is 11.8 Å². The van der Waals surface area contributed by atoms with Gasteiger partial charge >= 0.3 is 0 Å². The molecule has 6 heterocycles. The van der Waals surface area contributed by atoms with Crippen LogP contribution in [0.3, 0.4) is 0 Å². The van der Waals surface area contributed by atoms with Gasteiger partial charge in [0.05, 0.1) is 13.2 Å². The minimum absolute atomic E-state index is 0.0142. The highest BCUT2D eigenvalue weighted by Gasteiger charge is 2.43. The summed E-state index contributed by atoms with van der Waals surface area (Å²) < 4.78 is 5.46. The molecule has 6 aliphatic rings. The molecule has 0 saturated carbocycles. The molecule has 0 spiro atoms. The van der Waals surface area contributed by atoms with Crippen molar-refractivity contribution in [3.63, 3.8) is 0 Å². The zero-order chi connectivity index (χ0) is 34.6. The van der Waals surface area contributed by atoms with Crippen LogP contribution in [-0.4, -0.2) is 120 Å². The molecule has 2 aromatic carbocycles. The second-order valence-corrected chi connectivity index (χ2v) is 15.0. The monoisotopic (exact) mass is 684 g/mol. The molecule has 4 bridgehead atoms. The van der Waals surface area contributed by atoms with E-state index in [0.717, 1.165) is 83.5 Å². The van der Waals surface area contributed by atoms with Crippen LogP contribution in [-0.2, 0) is 20.9 Å². The molecule has 0 unspecified atom stereocenters. The van der Waals surface area contributed by atoms with Gasteiger partial charge in [-0.15, -0.1) is 0 Å². The van der Waals surface area contributed by atoms with Crippen molar-refractivity contribution in [1.82, 2.24) is 30.2 Å². The number of rotatable bonds is 4. The molecule has 2 N–H and O–H groups in total. The summed E-state index contributed by atoms with van der Waals surface area (Å²) in [5.74, 6) is 1.14. The van der Waals surface area contributed by atoms with Gasteiger partial charge < -0.3 is 25.2 Å². The second-order valence-electron chi connectivity index (χ2n) is 15.0. The van der Waals surface area contributed by atoms with Crippen molar-refractivity contribution in [3.8, 4) is 5.75 Å². The average molecular weight is 685 g/mol. The van der Waals surface area contributed by atoms with Crippen molar-refractivity contribution in [2.75, 3.05) is 52.9 Å². The number of nitrogens with zero attached hydrogens (tertiary/aromatic N) is 4. The molecule has 5 atom stereocenters. The van der Waals surface area contributed by atoms with Crippen LogP contribution in [0.4, 0.5) is 0 Å². The minimum Gasteiger partial charge on any atom is -0.497 e. The van der Waals surface area contributed by atoms with Gasteiger partial charge in [0.25, 0.3) is 5.91 Å². The molecule has 11 nitrogen and oxygen atoms in total. The number of carbonyl (C=O) groups excluding carboxylic acids is 4. The van der Waals surface area contributed by atoms with Crippen molar-refractivity contribution in [2.45, 2.75) is 82.1 Å². The van der Waals surface area contributed by atoms with E-state index in [-0.39, 0.29) is 53.6 Å². The van der Waals surface area contributed by atoms with Crippen LogP contribution in [0.5, 0.6) is 5.75 Å². The van der Waals surface area contributed by atoms with E-state index in [1.807, 2.05) is 30.3 Å². The second kappa shape index (κ2) is 15.5. The van der Waals surface area contributed by atoms with Crippen LogP contribution >= 0.6 is 0 Å². The van der Waals surface area contributed by atoms with E-state index < -0.39 is 6.04 Å². The normalized spacial score (nSPS) is 30.1. The van der Waals surface area contributed by atoms with Crippen molar-refractivity contribution in [2.24, 2.45) is 11.8 Å². The highest BCUT2D eigenvalue weighted by Crippen LogP contribution is 2.33. The Labute approximate surface area is 295 Å². The fourth-order valence-electron chi connectivity index (χ4n) is 9.19. The number of likely N-dealkylation sites (tertiary alicyclic amines) is 2. The third kappa shape index (κ3) is 7.68. The third-order valence-corrected chi connectivity index (χ3v) is 11.9. The molecular weight excluding hydrogens is 632 g/mol. The van der Waals surface area contributed by atoms with Crippen LogP contribution in [0, 0.1) is 11.8 Å². The zero-order valence-corrected chi connectivity index (χ0v) is 29.3. The fraction of sp³-hybridized carbons (Fsp3) is 0.590. The lowest BCUT2D eigenvalue weighted by molar-refractivity contribution is -0.136. The molecule has 0 radical (unpaired) electrons. The van der Waals surface area contributed by atoms with E-state index in [0.29, 0.717) is 31.5 Å². The number of methoxy groups -OCH3 is 1. The Kier molecular flexibility index (Phi) is 10.7. The Morgan fingerprint density at radius 1 is 0.840 bits per heavy atom. The predicted octanol–water partition coefficient (Wildman–Crippen LogP) is 2.90. The number of nitrogens with one attached hydrogen (secondary N) is 2. The summed E-state index contributed by atoms with van der Waals surface area (Å²) in [4.78, 5) is 63.7.